The van der Waals surface area contributed by atoms with Gasteiger partial charge < -0.3 is 9.47 Å². The van der Waals surface area contributed by atoms with Crippen molar-refractivity contribution in [3.63, 3.8) is 0 Å². The molecule has 4 aromatic rings. The zero-order valence-corrected chi connectivity index (χ0v) is 18.3. The number of fused-ring (bicyclic) bond motifs is 1. The summed E-state index contributed by atoms with van der Waals surface area (Å²) in [4.78, 5) is 14.3. The Kier molecular flexibility index (Phi) is 5.51. The fourth-order valence-electron chi connectivity index (χ4n) is 4.52. The van der Waals surface area contributed by atoms with Crippen LogP contribution >= 0.6 is 0 Å². The van der Waals surface area contributed by atoms with Crippen molar-refractivity contribution in [2.24, 2.45) is 0 Å². The van der Waals surface area contributed by atoms with Crippen LogP contribution in [0.1, 0.15) is 31.4 Å². The lowest BCUT2D eigenvalue weighted by molar-refractivity contribution is 0.402. The molecule has 0 atom stereocenters. The molecular formula is C26H23F2N5. The van der Waals surface area contributed by atoms with Crippen molar-refractivity contribution in [2.45, 2.75) is 32.2 Å². The highest BCUT2D eigenvalue weighted by atomic mass is 19.1. The highest BCUT2D eigenvalue weighted by molar-refractivity contribution is 5.86. The predicted molar refractivity (Wildman–Crippen MR) is 125 cm³/mol. The summed E-state index contributed by atoms with van der Waals surface area (Å²) < 4.78 is 31.3. The van der Waals surface area contributed by atoms with E-state index < -0.39 is 11.6 Å². The smallest absolute Gasteiger partial charge is 0.225 e. The lowest BCUT2D eigenvalue weighted by Crippen LogP contribution is -2.35. The van der Waals surface area contributed by atoms with Crippen molar-refractivity contribution in [3.8, 4) is 11.1 Å². The molecule has 0 spiro atoms. The van der Waals surface area contributed by atoms with Gasteiger partial charge >= 0.3 is 0 Å². The Morgan fingerprint density at radius 3 is 2.45 bits per heavy atom. The van der Waals surface area contributed by atoms with E-state index in [-0.39, 0.29) is 11.7 Å². The summed E-state index contributed by atoms with van der Waals surface area (Å²) in [6, 6.07) is 9.72. The molecule has 5 nitrogen and oxygen atoms in total. The van der Waals surface area contributed by atoms with E-state index in [9.17, 15) is 4.39 Å². The van der Waals surface area contributed by atoms with Gasteiger partial charge in [0, 0.05) is 48.7 Å². The summed E-state index contributed by atoms with van der Waals surface area (Å²) >= 11 is 0. The molecule has 1 saturated heterocycles. The van der Waals surface area contributed by atoms with Crippen LogP contribution in [0, 0.1) is 18.2 Å². The number of aromatic nitrogens is 3. The Labute approximate surface area is 191 Å². The molecule has 0 radical (unpaired) electrons. The van der Waals surface area contributed by atoms with Crippen LogP contribution in [0.15, 0.2) is 55.0 Å². The minimum Gasteiger partial charge on any atom is -0.344 e. The molecule has 1 fully saturated rings. The number of nitrogens with zero attached hydrogens (tertiary/aromatic N) is 5. The molecule has 0 amide bonds. The van der Waals surface area contributed by atoms with E-state index in [0.29, 0.717) is 11.1 Å². The summed E-state index contributed by atoms with van der Waals surface area (Å²) in [5.41, 5.74) is 2.65. The average molecular weight is 444 g/mol. The lowest BCUT2D eigenvalue weighted by Gasteiger charge is -2.33. The summed E-state index contributed by atoms with van der Waals surface area (Å²) in [5.74, 6) is -0.283. The summed E-state index contributed by atoms with van der Waals surface area (Å²) in [6.07, 6.45) is 8.52. The number of rotatable bonds is 4. The molecule has 1 aliphatic rings. The van der Waals surface area contributed by atoms with Crippen molar-refractivity contribution < 1.29 is 8.78 Å². The maximum absolute atomic E-state index is 15.1. The van der Waals surface area contributed by atoms with Gasteiger partial charge in [-0.3, -0.25) is 0 Å². The maximum Gasteiger partial charge on any atom is 0.225 e. The van der Waals surface area contributed by atoms with E-state index in [4.69, 9.17) is 6.57 Å². The molecule has 1 aliphatic heterocycles. The van der Waals surface area contributed by atoms with Crippen LogP contribution in [0.25, 0.3) is 26.9 Å². The quantitative estimate of drug-likeness (QED) is 0.346. The largest absolute Gasteiger partial charge is 0.344 e. The summed E-state index contributed by atoms with van der Waals surface area (Å²) in [7, 11) is 0. The van der Waals surface area contributed by atoms with Crippen LogP contribution in [-0.4, -0.2) is 27.6 Å². The number of hydrogen-bond acceptors (Lipinski definition) is 3. The minimum atomic E-state index is -0.639. The zero-order chi connectivity index (χ0) is 22.9. The van der Waals surface area contributed by atoms with Gasteiger partial charge in [0.1, 0.15) is 11.6 Å². The third-order valence-electron chi connectivity index (χ3n) is 6.43. The second-order valence-corrected chi connectivity index (χ2v) is 8.35. The highest BCUT2D eigenvalue weighted by Crippen LogP contribution is 2.34. The zero-order valence-electron chi connectivity index (χ0n) is 18.3. The Morgan fingerprint density at radius 2 is 1.79 bits per heavy atom. The standard InChI is InChI=1S/C26H23F2N5/c1-3-17-15-30-26(31-16-17)32-9-7-20(8-10-32)33-11-6-19-12-21(22(27)14-25(19)33)18-4-5-24(29-2)23(28)13-18/h4-6,11-16,20H,3,7-10H2,1H3. The van der Waals surface area contributed by atoms with Crippen LogP contribution in [0.3, 0.4) is 0 Å². The van der Waals surface area contributed by atoms with Gasteiger partial charge in [0.15, 0.2) is 0 Å². The fraction of sp³-hybridized carbons (Fsp3) is 0.269. The first kappa shape index (κ1) is 21.1. The minimum absolute atomic E-state index is 0.0653. The average Bonchev–Trinajstić information content (AvgIpc) is 3.26. The molecule has 0 bridgehead atoms. The molecular weight excluding hydrogens is 420 g/mol. The van der Waals surface area contributed by atoms with E-state index in [1.807, 2.05) is 24.7 Å². The van der Waals surface area contributed by atoms with E-state index >= 15 is 4.39 Å². The topological polar surface area (TPSA) is 38.3 Å². The third-order valence-corrected chi connectivity index (χ3v) is 6.43. The molecule has 5 rings (SSSR count). The van der Waals surface area contributed by atoms with E-state index in [1.165, 1.54) is 18.2 Å². The maximum atomic E-state index is 15.1. The monoisotopic (exact) mass is 443 g/mol. The van der Waals surface area contributed by atoms with Crippen molar-refractivity contribution in [2.75, 3.05) is 18.0 Å². The number of halogens is 2. The molecule has 33 heavy (non-hydrogen) atoms. The molecule has 7 heteroatoms. The lowest BCUT2D eigenvalue weighted by atomic mass is 10.0. The van der Waals surface area contributed by atoms with Crippen LogP contribution in [0.4, 0.5) is 20.4 Å². The Morgan fingerprint density at radius 1 is 1.03 bits per heavy atom. The van der Waals surface area contributed by atoms with E-state index in [1.54, 1.807) is 12.1 Å². The van der Waals surface area contributed by atoms with E-state index in [0.717, 1.165) is 54.8 Å². The summed E-state index contributed by atoms with van der Waals surface area (Å²) in [5, 5.41) is 0.905. The molecule has 2 aromatic carbocycles. The van der Waals surface area contributed by atoms with Gasteiger partial charge in [-0.25, -0.2) is 23.6 Å². The van der Waals surface area contributed by atoms with Crippen molar-refractivity contribution in [1.29, 1.82) is 0 Å². The normalized spacial score (nSPS) is 14.5. The highest BCUT2D eigenvalue weighted by Gasteiger charge is 2.23. The predicted octanol–water partition coefficient (Wildman–Crippen LogP) is 6.33. The first-order chi connectivity index (χ1) is 16.1. The molecule has 0 saturated carbocycles. The third kappa shape index (κ3) is 3.93. The van der Waals surface area contributed by atoms with Gasteiger partial charge in [-0.2, -0.15) is 0 Å². The van der Waals surface area contributed by atoms with Gasteiger partial charge in [-0.05, 0) is 54.7 Å². The number of anilines is 1. The Balaban J connectivity index is 1.37. The second-order valence-electron chi connectivity index (χ2n) is 8.35. The first-order valence-electron chi connectivity index (χ1n) is 11.1. The molecule has 2 aromatic heterocycles. The molecule has 0 N–H and O–H groups in total. The second kappa shape index (κ2) is 8.62. The molecule has 0 aliphatic carbocycles. The SMILES string of the molecule is [C-]#[N+]c1ccc(-c2cc3ccn(C4CCN(c5ncc(CC)cn5)CC4)c3cc2F)cc1F. The number of piperidine rings is 1. The van der Waals surface area contributed by atoms with Gasteiger partial charge in [0.25, 0.3) is 0 Å². The first-order valence-corrected chi connectivity index (χ1v) is 11.1. The summed E-state index contributed by atoms with van der Waals surface area (Å²) in [6.45, 7) is 10.7. The van der Waals surface area contributed by atoms with E-state index in [2.05, 4.69) is 31.2 Å². The number of aryl methyl sites for hydroxylation is 1. The van der Waals surface area contributed by atoms with Crippen LogP contribution < -0.4 is 4.90 Å². The van der Waals surface area contributed by atoms with Gasteiger partial charge in [0.05, 0.1) is 12.1 Å². The number of hydrogen-bond donors (Lipinski definition) is 0. The van der Waals surface area contributed by atoms with Crippen molar-refractivity contribution in [3.05, 3.63) is 83.6 Å². The molecule has 166 valence electrons. The Bertz CT molecular complexity index is 1350. The van der Waals surface area contributed by atoms with Crippen LogP contribution in [0.2, 0.25) is 0 Å². The van der Waals surface area contributed by atoms with Crippen molar-refractivity contribution in [1.82, 2.24) is 14.5 Å². The fourth-order valence-corrected chi connectivity index (χ4v) is 4.52. The molecule has 3 heterocycles. The van der Waals surface area contributed by atoms with Gasteiger partial charge in [-0.1, -0.05) is 19.1 Å². The van der Waals surface area contributed by atoms with Crippen LogP contribution in [0.5, 0.6) is 0 Å². The van der Waals surface area contributed by atoms with Gasteiger partial charge in [-0.15, -0.1) is 0 Å². The molecule has 0 unspecified atom stereocenters. The number of benzene rings is 2. The van der Waals surface area contributed by atoms with Gasteiger partial charge in [0.2, 0.25) is 11.6 Å². The Hall–Kier alpha value is -3.79. The van der Waals surface area contributed by atoms with Crippen LogP contribution in [-0.2, 0) is 6.42 Å². The van der Waals surface area contributed by atoms with Crippen molar-refractivity contribution >= 4 is 22.5 Å².